The van der Waals surface area contributed by atoms with Crippen LogP contribution >= 0.6 is 11.6 Å². The normalized spacial score (nSPS) is 22.6. The van der Waals surface area contributed by atoms with E-state index in [1.807, 2.05) is 0 Å². The SMILES string of the molecule is CN1C[C@@](C)(c2cc(NC(=O)c3ccc(Cl)cn3)ccc2F)N=C(N)C(C)(C)S1(=O)=O.CN1C[C@@](C)(c2cc(NC(=O)c3ccc(F)cn3)ccc2F)N=C(N)C(C)(C)S1(=O)=O.CN1C[C@@](C)(c2cc(NC(=O)c3ccc(OC(F)F)cn3)ccc2F)N=C(N)C(C)(C)S1(=O)=O.[C-]#[N+]c1ccc(C(=O)Nc2ccc(F)c([C@]3(C)CN(C)S(=O)(=O)C(C)(C)C(N)=N3)c2)nc1. The summed E-state index contributed by atoms with van der Waals surface area (Å²) >= 11 is 5.79. The Morgan fingerprint density at radius 3 is 0.883 bits per heavy atom. The number of anilines is 4. The first-order valence-corrected chi connectivity index (χ1v) is 44.4. The number of alkyl halides is 2. The van der Waals surface area contributed by atoms with Crippen molar-refractivity contribution in [3.8, 4) is 5.75 Å². The number of pyridine rings is 4. The first-order chi connectivity index (χ1) is 59.0. The van der Waals surface area contributed by atoms with Crippen LogP contribution in [0.1, 0.15) is 147 Å². The second-order valence-electron chi connectivity index (χ2n) is 32.8. The molecule has 4 atom stereocenters. The number of nitrogens with two attached hydrogens (primary N) is 4. The number of halogens is 8. The molecule has 0 bridgehead atoms. The van der Waals surface area contributed by atoms with Gasteiger partial charge < -0.3 is 48.9 Å². The van der Waals surface area contributed by atoms with E-state index in [1.165, 1.54) is 193 Å². The van der Waals surface area contributed by atoms with Gasteiger partial charge in [-0.2, -0.15) is 8.78 Å². The molecule has 4 aromatic carbocycles. The molecule has 46 heteroatoms. The Morgan fingerprint density at radius 2 is 0.656 bits per heavy atom. The monoisotopic (exact) mass is 1880 g/mol. The number of ether oxygens (including phenoxy) is 1. The topological polar surface area (TPSA) is 485 Å². The zero-order valence-corrected chi connectivity index (χ0v) is 75.9. The van der Waals surface area contributed by atoms with Gasteiger partial charge in [-0.25, -0.2) is 92.6 Å². The number of hydrogen-bond acceptors (Lipinski definition) is 25. The van der Waals surface area contributed by atoms with Gasteiger partial charge in [-0.05, 0) is 198 Å². The van der Waals surface area contributed by atoms with E-state index < -0.39 is 141 Å². The molecule has 34 nitrogen and oxygen atoms in total. The van der Waals surface area contributed by atoms with Crippen LogP contribution in [-0.2, 0) is 62.2 Å². The standard InChI is InChI=1S/C21H24F3N5O4S.C21H23FN6O3S.C20H23ClFN5O3S.C20H23F2N5O3S/c1-20(2)18(25)28-21(3,11-29(4)34(20,31)32)14-9-12(5-7-15(14)22)27-17(30)16-8-6-13(10-26-16)33-19(23)24;1-20(2)19(23)27-21(3,12-28(5)32(20,30)31)15-10-13(6-8-16(15)22)26-18(29)17-9-7-14(24-4)11-25-17;2*1-19(2)18(23)26-20(3,11-27(4)31(19,29)30)14-9-13(6-7-15(14)22)25-17(28)16-8-5-12(21)10-24-16/h5-10,19H,11H2,1-4H3,(H2,25,28)(H,27,30);6-11H,12H2,1-3,5H3,(H2,23,27)(H,26,29);2*5-10H,11H2,1-4H3,(H2,23,26)(H,25,28)/t2*21-;2*20-/m0000/s1. The maximum atomic E-state index is 14.9. The highest BCUT2D eigenvalue weighted by Crippen LogP contribution is 2.43. The van der Waals surface area contributed by atoms with E-state index in [0.29, 0.717) is 16.4 Å². The summed E-state index contributed by atoms with van der Waals surface area (Å²) in [5.74, 6) is -6.28. The maximum Gasteiger partial charge on any atom is 0.387 e. The van der Waals surface area contributed by atoms with Gasteiger partial charge in [-0.3, -0.25) is 44.1 Å². The van der Waals surface area contributed by atoms with Gasteiger partial charge in [-0.15, -0.1) is 0 Å². The van der Waals surface area contributed by atoms with Crippen molar-refractivity contribution in [3.05, 3.63) is 237 Å². The van der Waals surface area contributed by atoms with Crippen LogP contribution in [-0.4, -0.2) is 198 Å². The lowest BCUT2D eigenvalue weighted by Gasteiger charge is -2.29. The third kappa shape index (κ3) is 20.6. The van der Waals surface area contributed by atoms with E-state index >= 15 is 0 Å². The Bertz CT molecular complexity index is 6160. The zero-order valence-electron chi connectivity index (χ0n) is 71.8. The number of carbonyl (C=O) groups excluding carboxylic acids is 4. The van der Waals surface area contributed by atoms with Gasteiger partial charge in [0.15, 0.2) is 0 Å². The van der Waals surface area contributed by atoms with Crippen LogP contribution in [0.4, 0.5) is 59.2 Å². The van der Waals surface area contributed by atoms with Crippen LogP contribution in [0.2, 0.25) is 5.02 Å². The van der Waals surface area contributed by atoms with Crippen molar-refractivity contribution < 1.29 is 88.3 Å². The van der Waals surface area contributed by atoms with Gasteiger partial charge in [-0.1, -0.05) is 17.7 Å². The number of hydrogen-bond donors (Lipinski definition) is 8. The molecular weight excluding hydrogens is 1780 g/mol. The second-order valence-corrected chi connectivity index (χ2v) is 43.6. The minimum atomic E-state index is -3.87. The van der Waals surface area contributed by atoms with Crippen molar-refractivity contribution in [2.24, 2.45) is 42.9 Å². The van der Waals surface area contributed by atoms with Gasteiger partial charge >= 0.3 is 6.61 Å². The molecule has 0 aliphatic carbocycles. The molecule has 0 saturated carbocycles. The number of nitrogens with zero attached hydrogens (tertiary/aromatic N) is 13. The van der Waals surface area contributed by atoms with E-state index in [9.17, 15) is 83.6 Å². The summed E-state index contributed by atoms with van der Waals surface area (Å²) in [6.45, 7) is 21.1. The number of amidine groups is 4. The number of benzene rings is 4. The van der Waals surface area contributed by atoms with Gasteiger partial charge in [0.25, 0.3) is 23.6 Å². The molecule has 684 valence electrons. The van der Waals surface area contributed by atoms with Crippen molar-refractivity contribution >= 4 is 127 Å². The van der Waals surface area contributed by atoms with E-state index in [4.69, 9.17) is 41.1 Å². The lowest BCUT2D eigenvalue weighted by atomic mass is 9.91. The van der Waals surface area contributed by atoms with Gasteiger partial charge in [0, 0.05) is 112 Å². The summed E-state index contributed by atoms with van der Waals surface area (Å²) in [4.78, 5) is 86.1. The highest BCUT2D eigenvalue weighted by atomic mass is 35.5. The van der Waals surface area contributed by atoms with Crippen molar-refractivity contribution in [2.75, 3.05) is 75.6 Å². The summed E-state index contributed by atoms with van der Waals surface area (Å²) in [6, 6.07) is 26.1. The van der Waals surface area contributed by atoms with Crippen LogP contribution in [0.25, 0.3) is 4.85 Å². The molecule has 12 rings (SSSR count). The summed E-state index contributed by atoms with van der Waals surface area (Å²) in [5, 5.41) is 10.8. The lowest BCUT2D eigenvalue weighted by molar-refractivity contribution is -0.0501. The van der Waals surface area contributed by atoms with Crippen LogP contribution in [0.15, 0.2) is 166 Å². The molecule has 0 fully saturated rings. The number of sulfonamides is 4. The Hall–Kier alpha value is -12.0. The quantitative estimate of drug-likeness (QED) is 0.0370. The van der Waals surface area contributed by atoms with Gasteiger partial charge in [0.2, 0.25) is 45.8 Å². The highest BCUT2D eigenvalue weighted by molar-refractivity contribution is 7.92. The van der Waals surface area contributed by atoms with E-state index in [1.54, 1.807) is 27.7 Å². The molecule has 4 aliphatic heterocycles. The van der Waals surface area contributed by atoms with Gasteiger partial charge in [0.05, 0.1) is 24.0 Å². The molecule has 0 radical (unpaired) electrons. The van der Waals surface area contributed by atoms with E-state index in [0.717, 1.165) is 53.9 Å². The molecule has 4 amide bonds. The second kappa shape index (κ2) is 37.0. The summed E-state index contributed by atoms with van der Waals surface area (Å²) in [5.41, 5.74) is 20.4. The van der Waals surface area contributed by atoms with Gasteiger partial charge in [0.1, 0.15) is 122 Å². The summed E-state index contributed by atoms with van der Waals surface area (Å²) < 4.78 is 203. The predicted octanol–water partition coefficient (Wildman–Crippen LogP) is 10.3. The smallest absolute Gasteiger partial charge is 0.387 e. The Morgan fingerprint density at radius 1 is 0.398 bits per heavy atom. The molecule has 8 aromatic rings. The van der Waals surface area contributed by atoms with Crippen LogP contribution < -0.4 is 48.9 Å². The molecule has 0 spiro atoms. The predicted molar refractivity (Wildman–Crippen MR) is 471 cm³/mol. The third-order valence-electron chi connectivity index (χ3n) is 21.7. The largest absolute Gasteiger partial charge is 0.433 e. The van der Waals surface area contributed by atoms with Crippen LogP contribution in [0.5, 0.6) is 5.75 Å². The molecule has 128 heavy (non-hydrogen) atoms. The molecular formula is C82H93ClF7N21O13S4. The summed E-state index contributed by atoms with van der Waals surface area (Å²) in [6.07, 6.45) is 4.50. The Labute approximate surface area is 740 Å². The third-order valence-corrected chi connectivity index (χ3v) is 31.7. The fraction of sp³-hybridized carbons (Fsp3) is 0.354. The molecule has 8 heterocycles. The number of aliphatic imine (C=N–C) groups is 4. The molecule has 4 aromatic heterocycles. The Kier molecular flexibility index (Phi) is 28.8. The van der Waals surface area contributed by atoms with Crippen molar-refractivity contribution in [1.82, 2.24) is 37.2 Å². The first kappa shape index (κ1) is 99.7. The van der Waals surface area contributed by atoms with E-state index in [2.05, 4.69) is 70.8 Å². The molecule has 4 aliphatic rings. The number of carbonyl (C=O) groups is 4. The van der Waals surface area contributed by atoms with Crippen molar-refractivity contribution in [3.63, 3.8) is 0 Å². The minimum absolute atomic E-state index is 0.0154. The summed E-state index contributed by atoms with van der Waals surface area (Å²) in [7, 11) is -9.83. The zero-order chi connectivity index (χ0) is 95.8. The van der Waals surface area contributed by atoms with Crippen molar-refractivity contribution in [2.45, 2.75) is 131 Å². The Balaban J connectivity index is 0.000000193. The average molecular weight is 1880 g/mol. The van der Waals surface area contributed by atoms with Crippen LogP contribution in [0, 0.1) is 35.7 Å². The van der Waals surface area contributed by atoms with Crippen LogP contribution in [0.3, 0.4) is 0 Å². The molecule has 0 unspecified atom stereocenters. The van der Waals surface area contributed by atoms with E-state index in [-0.39, 0.29) is 117 Å². The number of aromatic nitrogens is 4. The minimum Gasteiger partial charge on any atom is -0.433 e. The first-order valence-electron chi connectivity index (χ1n) is 38.2. The fourth-order valence-electron chi connectivity index (χ4n) is 13.6. The average Bonchev–Trinajstić information content (AvgIpc) is 1.61. The molecule has 12 N–H and O–H groups in total. The lowest BCUT2D eigenvalue weighted by Crippen LogP contribution is -2.50. The fourth-order valence-corrected chi connectivity index (χ4v) is 19.8. The maximum absolute atomic E-state index is 14.9. The number of nitrogens with one attached hydrogen (secondary N) is 4. The molecule has 0 saturated heterocycles. The number of likely N-dealkylation sites (N-methyl/N-ethyl adjacent to an activating group) is 4. The van der Waals surface area contributed by atoms with Crippen molar-refractivity contribution in [1.29, 1.82) is 0 Å². The number of rotatable bonds is 14. The number of amides is 4. The highest BCUT2D eigenvalue weighted by Gasteiger charge is 2.53.